The smallest absolute Gasteiger partial charge is 0.326 e. The van der Waals surface area contributed by atoms with Gasteiger partial charge in [-0.3, -0.25) is 0 Å². The van der Waals surface area contributed by atoms with E-state index in [-0.39, 0.29) is 0 Å². The van der Waals surface area contributed by atoms with Gasteiger partial charge in [0.2, 0.25) is 0 Å². The van der Waals surface area contributed by atoms with Gasteiger partial charge in [-0.25, -0.2) is 4.79 Å². The third-order valence-corrected chi connectivity index (χ3v) is 2.81. The molecular weight excluding hydrogens is 230 g/mol. The van der Waals surface area contributed by atoms with Gasteiger partial charge in [0.25, 0.3) is 0 Å². The Labute approximate surface area is 108 Å². The largest absolute Gasteiger partial charge is 0.497 e. The second-order valence-corrected chi connectivity index (χ2v) is 4.26. The molecule has 0 amide bonds. The van der Waals surface area contributed by atoms with Crippen molar-refractivity contribution in [1.82, 2.24) is 0 Å². The standard InChI is InChI=1S/C14H21NO3/c1-3-4-5-9-13(14(16)17)15-11-7-6-8-12(10-11)18-2/h6-8,10,13,15H,3-5,9H2,1-2H3,(H,16,17). The third kappa shape index (κ3) is 4.65. The van der Waals surface area contributed by atoms with Crippen LogP contribution in [0.1, 0.15) is 32.6 Å². The fourth-order valence-corrected chi connectivity index (χ4v) is 1.77. The van der Waals surface area contributed by atoms with Gasteiger partial charge < -0.3 is 15.2 Å². The normalized spacial score (nSPS) is 11.9. The number of nitrogens with one attached hydrogen (secondary N) is 1. The Morgan fingerprint density at radius 1 is 1.44 bits per heavy atom. The Balaban J connectivity index is 2.61. The van der Waals surface area contributed by atoms with Gasteiger partial charge in [0, 0.05) is 11.8 Å². The molecule has 4 nitrogen and oxygen atoms in total. The molecule has 2 N–H and O–H groups in total. The van der Waals surface area contributed by atoms with E-state index in [1.165, 1.54) is 0 Å². The fourth-order valence-electron chi connectivity index (χ4n) is 1.77. The van der Waals surface area contributed by atoms with Crippen LogP contribution >= 0.6 is 0 Å². The summed E-state index contributed by atoms with van der Waals surface area (Å²) in [7, 11) is 1.59. The van der Waals surface area contributed by atoms with E-state index in [1.807, 2.05) is 18.2 Å². The van der Waals surface area contributed by atoms with E-state index in [2.05, 4.69) is 12.2 Å². The SMILES string of the molecule is CCCCCC(Nc1cccc(OC)c1)C(=O)O. The minimum atomic E-state index is -0.811. The van der Waals surface area contributed by atoms with Crippen LogP contribution in [0.4, 0.5) is 5.69 Å². The Bertz CT molecular complexity index is 379. The van der Waals surface area contributed by atoms with Crippen LogP contribution in [0.2, 0.25) is 0 Å². The van der Waals surface area contributed by atoms with Crippen LogP contribution in [0.3, 0.4) is 0 Å². The number of aliphatic carboxylic acids is 1. The molecule has 1 unspecified atom stereocenters. The van der Waals surface area contributed by atoms with Crippen LogP contribution in [0, 0.1) is 0 Å². The first-order chi connectivity index (χ1) is 8.67. The van der Waals surface area contributed by atoms with Gasteiger partial charge in [-0.1, -0.05) is 32.3 Å². The van der Waals surface area contributed by atoms with Gasteiger partial charge in [-0.2, -0.15) is 0 Å². The maximum atomic E-state index is 11.2. The lowest BCUT2D eigenvalue weighted by Gasteiger charge is -2.16. The molecule has 1 aromatic rings. The van der Waals surface area contributed by atoms with Crippen LogP contribution in [0.25, 0.3) is 0 Å². The van der Waals surface area contributed by atoms with Gasteiger partial charge in [-0.05, 0) is 18.6 Å². The van der Waals surface area contributed by atoms with Crippen LogP contribution in [0.5, 0.6) is 5.75 Å². The number of hydrogen-bond donors (Lipinski definition) is 2. The summed E-state index contributed by atoms with van der Waals surface area (Å²) in [6.07, 6.45) is 3.71. The van der Waals surface area contributed by atoms with Gasteiger partial charge in [-0.15, -0.1) is 0 Å². The number of anilines is 1. The molecule has 0 heterocycles. The van der Waals surface area contributed by atoms with Crippen LogP contribution in [-0.4, -0.2) is 24.2 Å². The highest BCUT2D eigenvalue weighted by molar-refractivity contribution is 5.77. The van der Waals surface area contributed by atoms with E-state index in [4.69, 9.17) is 9.84 Å². The number of hydrogen-bond acceptors (Lipinski definition) is 3. The first kappa shape index (κ1) is 14.4. The summed E-state index contributed by atoms with van der Waals surface area (Å²) in [4.78, 5) is 11.2. The maximum absolute atomic E-state index is 11.2. The van der Waals surface area contributed by atoms with Crippen molar-refractivity contribution in [1.29, 1.82) is 0 Å². The summed E-state index contributed by atoms with van der Waals surface area (Å²) in [5, 5.41) is 12.2. The first-order valence-corrected chi connectivity index (χ1v) is 6.30. The van der Waals surface area contributed by atoms with Gasteiger partial charge in [0.15, 0.2) is 0 Å². The highest BCUT2D eigenvalue weighted by Gasteiger charge is 2.16. The molecule has 0 aliphatic heterocycles. The number of methoxy groups -OCH3 is 1. The molecular formula is C14H21NO3. The Morgan fingerprint density at radius 3 is 2.83 bits per heavy atom. The monoisotopic (exact) mass is 251 g/mol. The minimum absolute atomic E-state index is 0.538. The molecule has 0 radical (unpaired) electrons. The average Bonchev–Trinajstić information content (AvgIpc) is 2.38. The second-order valence-electron chi connectivity index (χ2n) is 4.26. The number of unbranched alkanes of at least 4 members (excludes halogenated alkanes) is 2. The fraction of sp³-hybridized carbons (Fsp3) is 0.500. The highest BCUT2D eigenvalue weighted by atomic mass is 16.5. The molecule has 1 rings (SSSR count). The van der Waals surface area contributed by atoms with Crippen molar-refractivity contribution >= 4 is 11.7 Å². The van der Waals surface area contributed by atoms with Crippen molar-refractivity contribution in [2.75, 3.05) is 12.4 Å². The Hall–Kier alpha value is -1.71. The highest BCUT2D eigenvalue weighted by Crippen LogP contribution is 2.18. The van der Waals surface area contributed by atoms with E-state index in [1.54, 1.807) is 13.2 Å². The lowest BCUT2D eigenvalue weighted by molar-refractivity contribution is -0.138. The zero-order chi connectivity index (χ0) is 13.4. The summed E-state index contributed by atoms with van der Waals surface area (Å²) in [6.45, 7) is 2.10. The van der Waals surface area contributed by atoms with Gasteiger partial charge >= 0.3 is 5.97 Å². The number of rotatable bonds is 8. The summed E-state index contributed by atoms with van der Waals surface area (Å²) < 4.78 is 5.11. The Kier molecular flexibility index (Phi) is 6.05. The molecule has 0 aromatic heterocycles. The Morgan fingerprint density at radius 2 is 2.22 bits per heavy atom. The van der Waals surface area contributed by atoms with Crippen LogP contribution in [-0.2, 0) is 4.79 Å². The molecule has 0 saturated heterocycles. The molecule has 0 aliphatic rings. The summed E-state index contributed by atoms with van der Waals surface area (Å²) in [5.74, 6) is -0.0911. The predicted molar refractivity (Wildman–Crippen MR) is 72.2 cm³/mol. The van der Waals surface area contributed by atoms with E-state index in [9.17, 15) is 4.79 Å². The minimum Gasteiger partial charge on any atom is -0.497 e. The molecule has 1 atom stereocenters. The molecule has 0 spiro atoms. The maximum Gasteiger partial charge on any atom is 0.326 e. The van der Waals surface area contributed by atoms with Crippen molar-refractivity contribution in [3.05, 3.63) is 24.3 Å². The van der Waals surface area contributed by atoms with E-state index >= 15 is 0 Å². The number of ether oxygens (including phenoxy) is 1. The van der Waals surface area contributed by atoms with Gasteiger partial charge in [0.05, 0.1) is 7.11 Å². The first-order valence-electron chi connectivity index (χ1n) is 6.30. The third-order valence-electron chi connectivity index (χ3n) is 2.81. The van der Waals surface area contributed by atoms with Crippen molar-refractivity contribution in [3.63, 3.8) is 0 Å². The zero-order valence-electron chi connectivity index (χ0n) is 11.0. The van der Waals surface area contributed by atoms with Crippen molar-refractivity contribution in [3.8, 4) is 5.75 Å². The average molecular weight is 251 g/mol. The second kappa shape index (κ2) is 7.58. The molecule has 100 valence electrons. The molecule has 4 heteroatoms. The number of carbonyl (C=O) groups is 1. The van der Waals surface area contributed by atoms with Crippen LogP contribution < -0.4 is 10.1 Å². The van der Waals surface area contributed by atoms with Crippen molar-refractivity contribution in [2.45, 2.75) is 38.6 Å². The molecule has 0 bridgehead atoms. The zero-order valence-corrected chi connectivity index (χ0v) is 11.0. The van der Waals surface area contributed by atoms with E-state index < -0.39 is 12.0 Å². The molecule has 0 aliphatic carbocycles. The van der Waals surface area contributed by atoms with E-state index in [0.717, 1.165) is 30.7 Å². The summed E-state index contributed by atoms with van der Waals surface area (Å²) in [6, 6.07) is 6.78. The molecule has 0 saturated carbocycles. The quantitative estimate of drug-likeness (QED) is 0.697. The number of benzene rings is 1. The van der Waals surface area contributed by atoms with Gasteiger partial charge in [0.1, 0.15) is 11.8 Å². The number of carboxylic acids is 1. The molecule has 18 heavy (non-hydrogen) atoms. The predicted octanol–water partition coefficient (Wildman–Crippen LogP) is 3.14. The number of carboxylic acid groups (broad SMARTS) is 1. The summed E-state index contributed by atoms with van der Waals surface area (Å²) >= 11 is 0. The van der Waals surface area contributed by atoms with Crippen molar-refractivity contribution in [2.24, 2.45) is 0 Å². The lowest BCUT2D eigenvalue weighted by atomic mass is 10.1. The van der Waals surface area contributed by atoms with E-state index in [0.29, 0.717) is 6.42 Å². The lowest BCUT2D eigenvalue weighted by Crippen LogP contribution is -2.29. The topological polar surface area (TPSA) is 58.6 Å². The van der Waals surface area contributed by atoms with Crippen LogP contribution in [0.15, 0.2) is 24.3 Å². The van der Waals surface area contributed by atoms with Crippen molar-refractivity contribution < 1.29 is 14.6 Å². The summed E-state index contributed by atoms with van der Waals surface area (Å²) in [5.41, 5.74) is 0.776. The molecule has 1 aromatic carbocycles. The molecule has 0 fully saturated rings.